The summed E-state index contributed by atoms with van der Waals surface area (Å²) in [6, 6.07) is 3.73. The first-order valence-electron chi connectivity index (χ1n) is 8.91. The van der Waals surface area contributed by atoms with Gasteiger partial charge in [-0.05, 0) is 53.7 Å². The first-order chi connectivity index (χ1) is 12.8. The summed E-state index contributed by atoms with van der Waals surface area (Å²) in [7, 11) is 3.03. The molecular formula is C20H30NO7-. The summed E-state index contributed by atoms with van der Waals surface area (Å²) in [6.07, 6.45) is -1.73. The standard InChI is InChI=1S/C20H31NO7/c1-12(27-19(2,3)4)16(17(22)23)21-18(24)28-20(5,6)13-9-14(25-7)11-15(10-13)26-8/h9-12,16H,1-8H3,(H,21,24)(H,22,23)/p-1/t12-,16+/m1/s1. The summed E-state index contributed by atoms with van der Waals surface area (Å²) in [5.74, 6) is -0.396. The molecule has 0 radical (unpaired) electrons. The topological polar surface area (TPSA) is 106 Å². The molecule has 0 spiro atoms. The van der Waals surface area contributed by atoms with Gasteiger partial charge in [0.25, 0.3) is 0 Å². The molecule has 1 aromatic carbocycles. The van der Waals surface area contributed by atoms with Crippen LogP contribution in [0.3, 0.4) is 0 Å². The minimum Gasteiger partial charge on any atom is -0.548 e. The van der Waals surface area contributed by atoms with Crippen molar-refractivity contribution in [1.82, 2.24) is 5.32 Å². The lowest BCUT2D eigenvalue weighted by atomic mass is 9.97. The Kier molecular flexibility index (Phi) is 7.69. The number of carbonyl (C=O) groups excluding carboxylic acids is 2. The molecule has 0 saturated heterocycles. The van der Waals surface area contributed by atoms with E-state index >= 15 is 0 Å². The average molecular weight is 396 g/mol. The lowest BCUT2D eigenvalue weighted by molar-refractivity contribution is -0.311. The SMILES string of the molecule is COc1cc(OC)cc(C(C)(C)OC(=O)N[C@H](C(=O)[O-])[C@@H](C)OC(C)(C)C)c1. The zero-order valence-corrected chi connectivity index (χ0v) is 17.7. The van der Waals surface area contributed by atoms with Crippen LogP contribution in [-0.2, 0) is 19.9 Å². The second-order valence-corrected chi connectivity index (χ2v) is 7.88. The molecule has 1 N–H and O–H groups in total. The van der Waals surface area contributed by atoms with Crippen molar-refractivity contribution in [2.75, 3.05) is 14.2 Å². The molecule has 1 rings (SSSR count). The van der Waals surface area contributed by atoms with Crippen LogP contribution in [0.25, 0.3) is 0 Å². The molecule has 0 saturated carbocycles. The highest BCUT2D eigenvalue weighted by atomic mass is 16.6. The van der Waals surface area contributed by atoms with Crippen LogP contribution < -0.4 is 19.9 Å². The highest BCUT2D eigenvalue weighted by Crippen LogP contribution is 2.32. The highest BCUT2D eigenvalue weighted by Gasteiger charge is 2.31. The van der Waals surface area contributed by atoms with E-state index in [1.807, 2.05) is 0 Å². The molecule has 0 aromatic heterocycles. The van der Waals surface area contributed by atoms with E-state index in [0.717, 1.165) is 0 Å². The second-order valence-electron chi connectivity index (χ2n) is 7.88. The number of carbonyl (C=O) groups is 2. The molecule has 158 valence electrons. The largest absolute Gasteiger partial charge is 0.548 e. The maximum absolute atomic E-state index is 12.4. The van der Waals surface area contributed by atoms with E-state index in [2.05, 4.69) is 5.32 Å². The minimum atomic E-state index is -1.46. The summed E-state index contributed by atoms with van der Waals surface area (Å²) < 4.78 is 21.6. The van der Waals surface area contributed by atoms with Crippen LogP contribution in [0.15, 0.2) is 18.2 Å². The van der Waals surface area contributed by atoms with Crippen molar-refractivity contribution in [3.63, 3.8) is 0 Å². The van der Waals surface area contributed by atoms with Crippen LogP contribution in [0.1, 0.15) is 47.1 Å². The Hall–Kier alpha value is -2.48. The Labute approximate surface area is 166 Å². The molecule has 8 nitrogen and oxygen atoms in total. The van der Waals surface area contributed by atoms with Gasteiger partial charge in [0, 0.05) is 11.6 Å². The molecule has 8 heteroatoms. The van der Waals surface area contributed by atoms with Crippen LogP contribution in [0, 0.1) is 0 Å². The second kappa shape index (κ2) is 9.14. The molecular weight excluding hydrogens is 366 g/mol. The molecule has 1 amide bonds. The van der Waals surface area contributed by atoms with Crippen LogP contribution >= 0.6 is 0 Å². The predicted molar refractivity (Wildman–Crippen MR) is 101 cm³/mol. The zero-order chi connectivity index (χ0) is 21.7. The Morgan fingerprint density at radius 2 is 1.50 bits per heavy atom. The van der Waals surface area contributed by atoms with Crippen LogP contribution in [-0.4, -0.2) is 44.0 Å². The van der Waals surface area contributed by atoms with Gasteiger partial charge in [-0.25, -0.2) is 4.79 Å². The predicted octanol–water partition coefficient (Wildman–Crippen LogP) is 1.99. The maximum atomic E-state index is 12.4. The molecule has 0 aliphatic carbocycles. The van der Waals surface area contributed by atoms with Crippen molar-refractivity contribution in [3.05, 3.63) is 23.8 Å². The van der Waals surface area contributed by atoms with Crippen molar-refractivity contribution in [2.24, 2.45) is 0 Å². The number of alkyl carbamates (subject to hydrolysis) is 1. The molecule has 1 aromatic rings. The Bertz CT molecular complexity index is 672. The molecule has 0 heterocycles. The average Bonchev–Trinajstić information content (AvgIpc) is 2.56. The van der Waals surface area contributed by atoms with Gasteiger partial charge in [0.2, 0.25) is 0 Å². The number of amides is 1. The fourth-order valence-corrected chi connectivity index (χ4v) is 2.60. The fourth-order valence-electron chi connectivity index (χ4n) is 2.60. The number of hydrogen-bond donors (Lipinski definition) is 1. The van der Waals surface area contributed by atoms with Gasteiger partial charge in [-0.1, -0.05) is 0 Å². The Morgan fingerprint density at radius 1 is 1.00 bits per heavy atom. The van der Waals surface area contributed by atoms with Gasteiger partial charge in [-0.2, -0.15) is 0 Å². The molecule has 0 bridgehead atoms. The van der Waals surface area contributed by atoms with Gasteiger partial charge < -0.3 is 34.2 Å². The third-order valence-electron chi connectivity index (χ3n) is 3.93. The summed E-state index contributed by atoms with van der Waals surface area (Å²) in [6.45, 7) is 10.2. The number of carboxylic acids is 1. The number of methoxy groups -OCH3 is 2. The third-order valence-corrected chi connectivity index (χ3v) is 3.93. The number of rotatable bonds is 8. The van der Waals surface area contributed by atoms with E-state index in [1.54, 1.807) is 59.7 Å². The number of nitrogens with one attached hydrogen (secondary N) is 1. The number of benzene rings is 1. The Balaban J connectivity index is 2.96. The Morgan fingerprint density at radius 3 is 1.89 bits per heavy atom. The molecule has 0 unspecified atom stereocenters. The molecule has 0 aliphatic heterocycles. The molecule has 0 aliphatic rings. The van der Waals surface area contributed by atoms with Crippen molar-refractivity contribution >= 4 is 12.1 Å². The lowest BCUT2D eigenvalue weighted by Crippen LogP contribution is -2.56. The fraction of sp³-hybridized carbons (Fsp3) is 0.600. The zero-order valence-electron chi connectivity index (χ0n) is 17.7. The summed E-state index contributed by atoms with van der Waals surface area (Å²) in [4.78, 5) is 23.9. The number of aliphatic carboxylic acids is 1. The quantitative estimate of drug-likeness (QED) is 0.716. The summed E-state index contributed by atoms with van der Waals surface area (Å²) in [5.41, 5.74) is -1.06. The first kappa shape index (κ1) is 23.6. The summed E-state index contributed by atoms with van der Waals surface area (Å²) >= 11 is 0. The van der Waals surface area contributed by atoms with Gasteiger partial charge in [0.15, 0.2) is 0 Å². The number of ether oxygens (including phenoxy) is 4. The van der Waals surface area contributed by atoms with Gasteiger partial charge in [0.1, 0.15) is 17.1 Å². The van der Waals surface area contributed by atoms with E-state index in [-0.39, 0.29) is 0 Å². The first-order valence-corrected chi connectivity index (χ1v) is 8.91. The molecule has 28 heavy (non-hydrogen) atoms. The van der Waals surface area contributed by atoms with Crippen molar-refractivity contribution < 1.29 is 33.6 Å². The smallest absolute Gasteiger partial charge is 0.408 e. The van der Waals surface area contributed by atoms with E-state index in [0.29, 0.717) is 17.1 Å². The van der Waals surface area contributed by atoms with Crippen LogP contribution in [0.2, 0.25) is 0 Å². The molecule has 2 atom stereocenters. The maximum Gasteiger partial charge on any atom is 0.408 e. The minimum absolute atomic E-state index is 0.534. The number of carboxylic acid groups (broad SMARTS) is 1. The van der Waals surface area contributed by atoms with Gasteiger partial charge >= 0.3 is 6.09 Å². The van der Waals surface area contributed by atoms with Crippen molar-refractivity contribution in [1.29, 1.82) is 0 Å². The molecule has 0 fully saturated rings. The third kappa shape index (κ3) is 6.92. The highest BCUT2D eigenvalue weighted by molar-refractivity contribution is 5.79. The van der Waals surface area contributed by atoms with Gasteiger partial charge in [-0.3, -0.25) is 0 Å². The van der Waals surface area contributed by atoms with E-state index < -0.39 is 35.4 Å². The van der Waals surface area contributed by atoms with Crippen LogP contribution in [0.5, 0.6) is 11.5 Å². The summed E-state index contributed by atoms with van der Waals surface area (Å²) in [5, 5.41) is 13.8. The van der Waals surface area contributed by atoms with Gasteiger partial charge in [0.05, 0.1) is 37.9 Å². The normalized spacial score (nSPS) is 14.0. The monoisotopic (exact) mass is 396 g/mol. The van der Waals surface area contributed by atoms with Crippen LogP contribution in [0.4, 0.5) is 4.79 Å². The van der Waals surface area contributed by atoms with Crippen molar-refractivity contribution in [2.45, 2.75) is 64.9 Å². The van der Waals surface area contributed by atoms with Crippen molar-refractivity contribution in [3.8, 4) is 11.5 Å². The van der Waals surface area contributed by atoms with E-state index in [4.69, 9.17) is 18.9 Å². The van der Waals surface area contributed by atoms with Gasteiger partial charge in [-0.15, -0.1) is 0 Å². The lowest BCUT2D eigenvalue weighted by Gasteiger charge is -2.33. The van der Waals surface area contributed by atoms with E-state index in [1.165, 1.54) is 14.2 Å². The van der Waals surface area contributed by atoms with E-state index in [9.17, 15) is 14.7 Å². The number of hydrogen-bond acceptors (Lipinski definition) is 7.